The lowest BCUT2D eigenvalue weighted by atomic mass is 9.97. The Bertz CT molecular complexity index is 2570. The third-order valence-electron chi connectivity index (χ3n) is 10.8. The lowest BCUT2D eigenvalue weighted by Gasteiger charge is -2.20. The van der Waals surface area contributed by atoms with Gasteiger partial charge in [0.25, 0.3) is 0 Å². The Labute approximate surface area is 357 Å². The van der Waals surface area contributed by atoms with Gasteiger partial charge in [-0.2, -0.15) is 10.2 Å². The van der Waals surface area contributed by atoms with Gasteiger partial charge in [-0.1, -0.05) is 36.4 Å². The number of methoxy groups -OCH3 is 2. The first-order valence-corrected chi connectivity index (χ1v) is 21.9. The molecule has 0 saturated carbocycles. The topological polar surface area (TPSA) is 116 Å². The van der Waals surface area contributed by atoms with Crippen molar-refractivity contribution in [2.45, 2.75) is 64.5 Å². The molecule has 0 amide bonds. The second kappa shape index (κ2) is 17.5. The Morgan fingerprint density at radius 1 is 0.617 bits per heavy atom. The molecule has 8 aromatic rings. The van der Waals surface area contributed by atoms with Crippen molar-refractivity contribution >= 4 is 47.0 Å². The molecule has 0 bridgehead atoms. The number of benzene rings is 2. The summed E-state index contributed by atoms with van der Waals surface area (Å²) in [6.45, 7) is 5.82. The zero-order valence-corrected chi connectivity index (χ0v) is 35.7. The van der Waals surface area contributed by atoms with Gasteiger partial charge in [-0.25, -0.2) is 29.3 Å². The molecule has 0 N–H and O–H groups in total. The van der Waals surface area contributed by atoms with Crippen LogP contribution in [-0.4, -0.2) is 62.9 Å². The van der Waals surface area contributed by atoms with Gasteiger partial charge in [-0.05, 0) is 110 Å². The first-order valence-electron chi connectivity index (χ1n) is 20.1. The molecule has 10 rings (SSSR count). The van der Waals surface area contributed by atoms with Crippen LogP contribution in [0, 0.1) is 13.8 Å². The summed E-state index contributed by atoms with van der Waals surface area (Å²) in [5.74, 6) is 5.95. The van der Waals surface area contributed by atoms with Crippen molar-refractivity contribution in [2.24, 2.45) is 0 Å². The molecule has 2 atom stereocenters. The number of aromatic nitrogens is 10. The minimum Gasteiger partial charge on any atom is -0.495 e. The van der Waals surface area contributed by atoms with E-state index in [9.17, 15) is 0 Å². The van der Waals surface area contributed by atoms with Crippen LogP contribution in [0.4, 0.5) is 0 Å². The summed E-state index contributed by atoms with van der Waals surface area (Å²) >= 11 is 3.60. The Kier molecular flexibility index (Phi) is 11.4. The van der Waals surface area contributed by atoms with Crippen LogP contribution in [0.5, 0.6) is 11.5 Å². The SMILES string of the molecule is COc1cc(/C=C/c2nc3n(n2)CCC[C@@H]3c2cccs2)ccc1-n1cnc(C)c1.COc1cc(/C=C/c2nc3n(n2)CCC[C@H]3c2cccs2)ccc1-n1cnc(C)c1. The normalized spacial score (nSPS) is 16.1. The fraction of sp³-hybridized carbons (Fsp3) is 0.261. The van der Waals surface area contributed by atoms with Crippen molar-refractivity contribution in [1.82, 2.24) is 48.6 Å². The van der Waals surface area contributed by atoms with Crippen molar-refractivity contribution < 1.29 is 9.47 Å². The number of nitrogens with zero attached hydrogens (tertiary/aromatic N) is 10. The predicted octanol–water partition coefficient (Wildman–Crippen LogP) is 9.88. The fourth-order valence-corrected chi connectivity index (χ4v) is 9.58. The van der Waals surface area contributed by atoms with Gasteiger partial charge in [0, 0.05) is 35.2 Å². The number of rotatable bonds is 10. The summed E-state index contributed by atoms with van der Waals surface area (Å²) < 4.78 is 19.3. The van der Waals surface area contributed by atoms with Crippen LogP contribution in [0.25, 0.3) is 35.7 Å². The molecule has 0 unspecified atom stereocenters. The number of fused-ring (bicyclic) bond motifs is 2. The molecular formula is C46H46N10O2S2. The largest absolute Gasteiger partial charge is 0.495 e. The lowest BCUT2D eigenvalue weighted by molar-refractivity contribution is 0.412. The number of hydrogen-bond acceptors (Lipinski definition) is 10. The summed E-state index contributed by atoms with van der Waals surface area (Å²) in [6, 6.07) is 20.9. The van der Waals surface area contributed by atoms with Gasteiger partial charge in [0.15, 0.2) is 11.6 Å². The number of imidazole rings is 2. The number of hydrogen-bond donors (Lipinski definition) is 0. The Hall–Kier alpha value is -6.38. The van der Waals surface area contributed by atoms with E-state index in [0.717, 1.165) is 107 Å². The molecule has 304 valence electrons. The van der Waals surface area contributed by atoms with Crippen LogP contribution in [-0.2, 0) is 13.1 Å². The average molecular weight is 835 g/mol. The molecule has 2 aliphatic heterocycles. The Morgan fingerprint density at radius 3 is 1.47 bits per heavy atom. The van der Waals surface area contributed by atoms with Gasteiger partial charge in [0.1, 0.15) is 23.1 Å². The van der Waals surface area contributed by atoms with Crippen LogP contribution < -0.4 is 9.47 Å². The highest BCUT2D eigenvalue weighted by Gasteiger charge is 2.27. The molecule has 0 fully saturated rings. The third kappa shape index (κ3) is 8.38. The van der Waals surface area contributed by atoms with Gasteiger partial charge in [0.05, 0.1) is 61.5 Å². The molecule has 6 aromatic heterocycles. The lowest BCUT2D eigenvalue weighted by Crippen LogP contribution is -2.17. The van der Waals surface area contributed by atoms with E-state index in [0.29, 0.717) is 11.8 Å². The molecule has 14 heteroatoms. The zero-order chi connectivity index (χ0) is 41.0. The van der Waals surface area contributed by atoms with Gasteiger partial charge < -0.3 is 18.6 Å². The summed E-state index contributed by atoms with van der Waals surface area (Å²) in [4.78, 5) is 21.0. The van der Waals surface area contributed by atoms with E-state index in [1.165, 1.54) is 9.75 Å². The van der Waals surface area contributed by atoms with Crippen LogP contribution in [0.1, 0.15) is 93.1 Å². The van der Waals surface area contributed by atoms with E-state index in [1.807, 2.05) is 83.9 Å². The highest BCUT2D eigenvalue weighted by molar-refractivity contribution is 7.10. The van der Waals surface area contributed by atoms with E-state index in [2.05, 4.69) is 66.5 Å². The van der Waals surface area contributed by atoms with Crippen LogP contribution in [0.3, 0.4) is 0 Å². The molecule has 60 heavy (non-hydrogen) atoms. The van der Waals surface area contributed by atoms with E-state index in [1.54, 1.807) is 49.5 Å². The molecule has 2 aromatic carbocycles. The average Bonchev–Trinajstić information content (AvgIpc) is 4.14. The van der Waals surface area contributed by atoms with Gasteiger partial charge in [-0.15, -0.1) is 22.7 Å². The maximum atomic E-state index is 5.61. The molecule has 2 aliphatic rings. The Balaban J connectivity index is 0.000000154. The second-order valence-electron chi connectivity index (χ2n) is 14.9. The highest BCUT2D eigenvalue weighted by atomic mass is 32.1. The molecule has 0 spiro atoms. The highest BCUT2D eigenvalue weighted by Crippen LogP contribution is 2.36. The summed E-state index contributed by atoms with van der Waals surface area (Å²) in [7, 11) is 3.37. The van der Waals surface area contributed by atoms with Crippen LogP contribution >= 0.6 is 22.7 Å². The molecule has 0 saturated heterocycles. The van der Waals surface area contributed by atoms with Crippen molar-refractivity contribution in [3.05, 3.63) is 152 Å². The smallest absolute Gasteiger partial charge is 0.174 e. The van der Waals surface area contributed by atoms with E-state index in [4.69, 9.17) is 29.6 Å². The van der Waals surface area contributed by atoms with Gasteiger partial charge in [0.2, 0.25) is 0 Å². The molecule has 0 aliphatic carbocycles. The quantitative estimate of drug-likeness (QED) is 0.134. The molecule has 12 nitrogen and oxygen atoms in total. The van der Waals surface area contributed by atoms with E-state index in [-0.39, 0.29) is 0 Å². The maximum Gasteiger partial charge on any atom is 0.174 e. The minimum absolute atomic E-state index is 0.353. The van der Waals surface area contributed by atoms with Crippen LogP contribution in [0.15, 0.2) is 96.5 Å². The summed E-state index contributed by atoms with van der Waals surface area (Å²) in [5, 5.41) is 13.7. The van der Waals surface area contributed by atoms with E-state index >= 15 is 0 Å². The number of ether oxygens (including phenoxy) is 2. The standard InChI is InChI=1S/2C23H23N5OS/c2*1-16-14-27(15-24-16)19-9-7-17(13-20(19)29-2)8-10-22-25-23-18(21-6-4-12-30-21)5-3-11-28(23)26-22/h2*4,6-10,12-15,18H,3,5,11H2,1-2H3/b2*10-8+/t2*18-/m10/s1. The second-order valence-corrected chi connectivity index (χ2v) is 16.9. The fourth-order valence-electron chi connectivity index (χ4n) is 7.87. The first-order chi connectivity index (χ1) is 29.4. The monoisotopic (exact) mass is 834 g/mol. The minimum atomic E-state index is 0.353. The van der Waals surface area contributed by atoms with Crippen molar-refractivity contribution in [2.75, 3.05) is 14.2 Å². The molecule has 8 heterocycles. The summed E-state index contributed by atoms with van der Waals surface area (Å²) in [6.07, 6.45) is 20.1. The van der Waals surface area contributed by atoms with E-state index < -0.39 is 0 Å². The maximum absolute atomic E-state index is 5.61. The van der Waals surface area contributed by atoms with Gasteiger partial charge >= 0.3 is 0 Å². The predicted molar refractivity (Wildman–Crippen MR) is 238 cm³/mol. The number of thiophene rings is 2. The van der Waals surface area contributed by atoms with Crippen LogP contribution in [0.2, 0.25) is 0 Å². The van der Waals surface area contributed by atoms with Crippen molar-refractivity contribution in [3.63, 3.8) is 0 Å². The molecule has 0 radical (unpaired) electrons. The molecular weight excluding hydrogens is 789 g/mol. The first kappa shape index (κ1) is 39.1. The number of aryl methyl sites for hydroxylation is 4. The Morgan fingerprint density at radius 2 is 1.08 bits per heavy atom. The third-order valence-corrected chi connectivity index (χ3v) is 12.8. The zero-order valence-electron chi connectivity index (χ0n) is 34.0. The van der Waals surface area contributed by atoms with Crippen molar-refractivity contribution in [3.8, 4) is 22.9 Å². The van der Waals surface area contributed by atoms with Gasteiger partial charge in [-0.3, -0.25) is 0 Å². The summed E-state index contributed by atoms with van der Waals surface area (Å²) in [5.41, 5.74) is 5.94. The van der Waals surface area contributed by atoms with Crippen molar-refractivity contribution in [1.29, 1.82) is 0 Å².